The smallest absolute Gasteiger partial charge is 0.254 e. The van der Waals surface area contributed by atoms with Gasteiger partial charge in [-0.15, -0.1) is 0 Å². The molecule has 3 heteroatoms. The highest BCUT2D eigenvalue weighted by atomic mass is 16.2. The van der Waals surface area contributed by atoms with Gasteiger partial charge in [0.1, 0.15) is 0 Å². The highest BCUT2D eigenvalue weighted by Gasteiger charge is 2.27. The number of amides is 1. The van der Waals surface area contributed by atoms with E-state index in [0.29, 0.717) is 6.04 Å². The molecule has 1 aliphatic carbocycles. The van der Waals surface area contributed by atoms with Gasteiger partial charge in [-0.25, -0.2) is 0 Å². The van der Waals surface area contributed by atoms with Crippen LogP contribution < -0.4 is 5.32 Å². The van der Waals surface area contributed by atoms with Crippen molar-refractivity contribution in [1.29, 1.82) is 0 Å². The predicted octanol–water partition coefficient (Wildman–Crippen LogP) is 2.56. The second-order valence-corrected chi connectivity index (χ2v) is 5.62. The van der Waals surface area contributed by atoms with Gasteiger partial charge >= 0.3 is 0 Å². The molecule has 0 unspecified atom stereocenters. The van der Waals surface area contributed by atoms with E-state index in [9.17, 15) is 4.79 Å². The Hall–Kier alpha value is -1.35. The van der Waals surface area contributed by atoms with E-state index in [2.05, 4.69) is 16.3 Å². The molecule has 19 heavy (non-hydrogen) atoms. The van der Waals surface area contributed by atoms with Gasteiger partial charge in [-0.2, -0.15) is 0 Å². The second kappa shape index (κ2) is 5.74. The lowest BCUT2D eigenvalue weighted by molar-refractivity contribution is 0.0629. The maximum absolute atomic E-state index is 12.8. The van der Waals surface area contributed by atoms with E-state index >= 15 is 0 Å². The molecule has 1 saturated carbocycles. The lowest BCUT2D eigenvalue weighted by Crippen LogP contribution is -2.46. The van der Waals surface area contributed by atoms with Crippen LogP contribution in [-0.4, -0.2) is 29.9 Å². The molecule has 1 aliphatic heterocycles. The molecule has 3 nitrogen and oxygen atoms in total. The van der Waals surface area contributed by atoms with Crippen molar-refractivity contribution in [2.45, 2.75) is 44.7 Å². The minimum Gasteiger partial charge on any atom is -0.334 e. The molecule has 2 aliphatic rings. The van der Waals surface area contributed by atoms with Crippen LogP contribution in [0, 0.1) is 0 Å². The second-order valence-electron chi connectivity index (χ2n) is 5.62. The van der Waals surface area contributed by atoms with E-state index in [1.165, 1.54) is 32.1 Å². The molecule has 1 heterocycles. The number of hydrogen-bond acceptors (Lipinski definition) is 2. The third kappa shape index (κ3) is 2.66. The van der Waals surface area contributed by atoms with Crippen molar-refractivity contribution in [3.63, 3.8) is 0 Å². The molecule has 0 bridgehead atoms. The monoisotopic (exact) mass is 258 g/mol. The number of hydrogen-bond donors (Lipinski definition) is 1. The zero-order chi connectivity index (χ0) is 13.1. The molecule has 0 spiro atoms. The topological polar surface area (TPSA) is 32.3 Å². The van der Waals surface area contributed by atoms with Gasteiger partial charge in [-0.05, 0) is 24.5 Å². The van der Waals surface area contributed by atoms with Gasteiger partial charge in [-0.3, -0.25) is 4.79 Å². The quantitative estimate of drug-likeness (QED) is 0.839. The van der Waals surface area contributed by atoms with Gasteiger partial charge in [0.15, 0.2) is 0 Å². The van der Waals surface area contributed by atoms with Crippen molar-refractivity contribution < 1.29 is 4.79 Å². The molecule has 0 aromatic heterocycles. The van der Waals surface area contributed by atoms with Crippen LogP contribution >= 0.6 is 0 Å². The summed E-state index contributed by atoms with van der Waals surface area (Å²) in [5.74, 6) is 0.240. The summed E-state index contributed by atoms with van der Waals surface area (Å²) in [6, 6.07) is 8.47. The number of fused-ring (bicyclic) bond motifs is 1. The fourth-order valence-corrected chi connectivity index (χ4v) is 3.30. The van der Waals surface area contributed by atoms with Crippen LogP contribution in [0.15, 0.2) is 24.3 Å². The summed E-state index contributed by atoms with van der Waals surface area (Å²) in [4.78, 5) is 14.9. The van der Waals surface area contributed by atoms with Gasteiger partial charge in [0.2, 0.25) is 0 Å². The largest absolute Gasteiger partial charge is 0.334 e. The Kier molecular flexibility index (Phi) is 3.83. The normalized spacial score (nSPS) is 21.7. The third-order valence-electron chi connectivity index (χ3n) is 4.37. The number of nitrogens with one attached hydrogen (secondary N) is 1. The number of nitrogens with zero attached hydrogens (tertiary/aromatic N) is 1. The average Bonchev–Trinajstić information content (AvgIpc) is 2.46. The van der Waals surface area contributed by atoms with Gasteiger partial charge < -0.3 is 10.2 Å². The zero-order valence-corrected chi connectivity index (χ0v) is 11.4. The summed E-state index contributed by atoms with van der Waals surface area (Å²) in [6.07, 6.45) is 6.21. The molecular weight excluding hydrogens is 236 g/mol. The standard InChI is InChI=1S/C16H22N2O/c19-16-15-9-5-4-6-13(15)12-17-10-11-18(16)14-7-2-1-3-8-14/h4-6,9,14,17H,1-3,7-8,10-12H2. The molecule has 0 atom stereocenters. The summed E-state index contributed by atoms with van der Waals surface area (Å²) in [5, 5.41) is 3.44. The molecular formula is C16H22N2O. The van der Waals surface area contributed by atoms with Crippen molar-refractivity contribution in [2.24, 2.45) is 0 Å². The lowest BCUT2D eigenvalue weighted by atomic mass is 9.93. The first-order valence-corrected chi connectivity index (χ1v) is 7.46. The molecule has 1 aromatic rings. The number of carbonyl (C=O) groups is 1. The SMILES string of the molecule is O=C1c2ccccc2CNCCN1C1CCCCC1. The van der Waals surface area contributed by atoms with Crippen molar-refractivity contribution in [3.05, 3.63) is 35.4 Å². The van der Waals surface area contributed by atoms with Crippen molar-refractivity contribution >= 4 is 5.91 Å². The Bertz CT molecular complexity index is 452. The maximum Gasteiger partial charge on any atom is 0.254 e. The van der Waals surface area contributed by atoms with E-state index in [1.54, 1.807) is 0 Å². The maximum atomic E-state index is 12.8. The summed E-state index contributed by atoms with van der Waals surface area (Å²) < 4.78 is 0. The third-order valence-corrected chi connectivity index (χ3v) is 4.37. The first-order valence-electron chi connectivity index (χ1n) is 7.46. The Labute approximate surface area is 115 Å². The Morgan fingerprint density at radius 3 is 2.74 bits per heavy atom. The van der Waals surface area contributed by atoms with E-state index in [-0.39, 0.29) is 5.91 Å². The highest BCUT2D eigenvalue weighted by molar-refractivity contribution is 5.96. The molecule has 0 radical (unpaired) electrons. The van der Waals surface area contributed by atoms with Gasteiger partial charge in [0.05, 0.1) is 0 Å². The van der Waals surface area contributed by atoms with E-state index in [0.717, 1.165) is 30.8 Å². The molecule has 1 fully saturated rings. The number of carbonyl (C=O) groups excluding carboxylic acids is 1. The minimum absolute atomic E-state index is 0.240. The van der Waals surface area contributed by atoms with Crippen LogP contribution in [-0.2, 0) is 6.54 Å². The fourth-order valence-electron chi connectivity index (χ4n) is 3.30. The molecule has 1 aromatic carbocycles. The van der Waals surface area contributed by atoms with Crippen LogP contribution in [0.5, 0.6) is 0 Å². The van der Waals surface area contributed by atoms with Crippen molar-refractivity contribution in [2.75, 3.05) is 13.1 Å². The first kappa shape index (κ1) is 12.7. The fraction of sp³-hybridized carbons (Fsp3) is 0.562. The molecule has 102 valence electrons. The zero-order valence-electron chi connectivity index (χ0n) is 11.4. The van der Waals surface area contributed by atoms with Gasteiger partial charge in [0.25, 0.3) is 5.91 Å². The van der Waals surface area contributed by atoms with Crippen LogP contribution in [0.4, 0.5) is 0 Å². The van der Waals surface area contributed by atoms with Gasteiger partial charge in [-0.1, -0.05) is 37.5 Å². The Balaban J connectivity index is 1.87. The van der Waals surface area contributed by atoms with Crippen LogP contribution in [0.25, 0.3) is 0 Å². The number of benzene rings is 1. The minimum atomic E-state index is 0.240. The summed E-state index contributed by atoms with van der Waals surface area (Å²) in [5.41, 5.74) is 2.02. The summed E-state index contributed by atoms with van der Waals surface area (Å²) in [6.45, 7) is 2.55. The van der Waals surface area contributed by atoms with Crippen molar-refractivity contribution in [3.8, 4) is 0 Å². The van der Waals surface area contributed by atoms with Crippen LogP contribution in [0.1, 0.15) is 48.0 Å². The Morgan fingerprint density at radius 1 is 1.11 bits per heavy atom. The van der Waals surface area contributed by atoms with Crippen molar-refractivity contribution in [1.82, 2.24) is 10.2 Å². The molecule has 1 N–H and O–H groups in total. The lowest BCUT2D eigenvalue weighted by Gasteiger charge is -2.36. The molecule has 1 amide bonds. The highest BCUT2D eigenvalue weighted by Crippen LogP contribution is 2.25. The van der Waals surface area contributed by atoms with Gasteiger partial charge in [0, 0.05) is 31.2 Å². The summed E-state index contributed by atoms with van der Waals surface area (Å²) >= 11 is 0. The van der Waals surface area contributed by atoms with Crippen LogP contribution in [0.3, 0.4) is 0 Å². The first-order chi connectivity index (χ1) is 9.36. The Morgan fingerprint density at radius 2 is 1.89 bits per heavy atom. The van der Waals surface area contributed by atoms with E-state index < -0.39 is 0 Å². The van der Waals surface area contributed by atoms with E-state index in [4.69, 9.17) is 0 Å². The molecule has 3 rings (SSSR count). The van der Waals surface area contributed by atoms with Crippen LogP contribution in [0.2, 0.25) is 0 Å². The predicted molar refractivity (Wildman–Crippen MR) is 76.1 cm³/mol. The summed E-state index contributed by atoms with van der Waals surface area (Å²) in [7, 11) is 0. The molecule has 0 saturated heterocycles. The average molecular weight is 258 g/mol. The number of rotatable bonds is 1. The van der Waals surface area contributed by atoms with E-state index in [1.807, 2.05) is 18.2 Å².